The largest absolute Gasteiger partial charge is 0.673 e. The van der Waals surface area contributed by atoms with Gasteiger partial charge in [-0.05, 0) is 60.0 Å². The summed E-state index contributed by atoms with van der Waals surface area (Å²) in [5, 5.41) is 11.2. The monoisotopic (exact) mass is 483 g/mol. The summed E-state index contributed by atoms with van der Waals surface area (Å²) in [6, 6.07) is 27.6. The van der Waals surface area contributed by atoms with Gasteiger partial charge in [-0.15, -0.1) is 5.11 Å². The second kappa shape index (κ2) is 11.8. The minimum Gasteiger partial charge on any atom is -0.497 e. The number of hydrogen-bond acceptors (Lipinski definition) is 4. The van der Waals surface area contributed by atoms with Crippen molar-refractivity contribution in [1.29, 1.82) is 0 Å². The van der Waals surface area contributed by atoms with Crippen LogP contribution in [0.3, 0.4) is 0 Å². The Labute approximate surface area is 199 Å². The Balaban J connectivity index is 0.000000623. The fourth-order valence-electron chi connectivity index (χ4n) is 3.10. The molecule has 0 heterocycles. The summed E-state index contributed by atoms with van der Waals surface area (Å²) in [5.74, 6) is 1.61. The zero-order valence-corrected chi connectivity index (χ0v) is 19.0. The zero-order chi connectivity index (χ0) is 25.3. The van der Waals surface area contributed by atoms with Gasteiger partial charge in [0.05, 0.1) is 19.9 Å². The third-order valence-electron chi connectivity index (χ3n) is 4.75. The first-order valence-corrected chi connectivity index (χ1v) is 10.5. The average molecular weight is 483 g/mol. The molecule has 0 bridgehead atoms. The lowest BCUT2D eigenvalue weighted by Crippen LogP contribution is -2.61. The molecule has 0 saturated heterocycles. The number of nitrogens with one attached hydrogen (secondary N) is 1. The van der Waals surface area contributed by atoms with E-state index in [0.29, 0.717) is 0 Å². The highest BCUT2D eigenvalue weighted by atomic mass is 19.5. The molecule has 0 aliphatic heterocycles. The van der Waals surface area contributed by atoms with E-state index in [4.69, 9.17) is 9.47 Å². The number of rotatable bonds is 6. The van der Waals surface area contributed by atoms with Crippen LogP contribution in [0.15, 0.2) is 95.2 Å². The topological polar surface area (TPSA) is 57.2 Å². The number of fused-ring (bicyclic) bond motifs is 1. The maximum Gasteiger partial charge on any atom is 0.673 e. The molecule has 0 aliphatic carbocycles. The Kier molecular flexibility index (Phi) is 8.56. The first kappa shape index (κ1) is 25.4. The van der Waals surface area contributed by atoms with Crippen molar-refractivity contribution in [3.8, 4) is 11.5 Å². The van der Waals surface area contributed by atoms with Gasteiger partial charge in [-0.2, -0.15) is 5.11 Å². The van der Waals surface area contributed by atoms with Crippen LogP contribution in [0.5, 0.6) is 11.5 Å². The predicted molar refractivity (Wildman–Crippen MR) is 130 cm³/mol. The van der Waals surface area contributed by atoms with E-state index in [1.165, 1.54) is 0 Å². The van der Waals surface area contributed by atoms with Crippen molar-refractivity contribution in [3.63, 3.8) is 0 Å². The number of methoxy groups -OCH3 is 2. The van der Waals surface area contributed by atoms with E-state index in [1.807, 2.05) is 72.9 Å². The summed E-state index contributed by atoms with van der Waals surface area (Å²) in [4.78, 5) is 3.37. The molecule has 0 aromatic heterocycles. The van der Waals surface area contributed by atoms with E-state index < -0.39 is 7.25 Å². The number of benzene rings is 4. The Bertz CT molecular complexity index is 1300. The van der Waals surface area contributed by atoms with Gasteiger partial charge in [-0.25, -0.2) is 4.99 Å². The fraction of sp³-hybridized carbons (Fsp3) is 0.0800. The lowest BCUT2D eigenvalue weighted by Gasteiger charge is -2.02. The van der Waals surface area contributed by atoms with Gasteiger partial charge in [0, 0.05) is 17.0 Å². The molecule has 0 aliphatic rings. The predicted octanol–water partition coefficient (Wildman–Crippen LogP) is 6.40. The quantitative estimate of drug-likeness (QED) is 0.149. The SMILES string of the molecule is COc1ccc(C=[NH+]c2ccc3ccccc3c2N=Nc2ccc(OC)cc2)cc1.F[B-](F)(F)F. The molecular weight excluding hydrogens is 461 g/mol. The summed E-state index contributed by atoms with van der Waals surface area (Å²) >= 11 is 0. The van der Waals surface area contributed by atoms with Crippen molar-refractivity contribution in [1.82, 2.24) is 0 Å². The highest BCUT2D eigenvalue weighted by molar-refractivity contribution is 6.50. The van der Waals surface area contributed by atoms with Crippen LogP contribution in [-0.2, 0) is 0 Å². The molecule has 0 fully saturated rings. The molecule has 35 heavy (non-hydrogen) atoms. The molecule has 0 amide bonds. The normalized spacial score (nSPS) is 11.5. The van der Waals surface area contributed by atoms with Crippen LogP contribution in [0.1, 0.15) is 5.56 Å². The van der Waals surface area contributed by atoms with Gasteiger partial charge in [-0.1, -0.05) is 24.3 Å². The number of ether oxygens (including phenoxy) is 2. The van der Waals surface area contributed by atoms with Crippen molar-refractivity contribution < 1.29 is 31.7 Å². The van der Waals surface area contributed by atoms with E-state index in [1.54, 1.807) is 14.2 Å². The van der Waals surface area contributed by atoms with Gasteiger partial charge < -0.3 is 26.7 Å². The van der Waals surface area contributed by atoms with Crippen molar-refractivity contribution in [2.75, 3.05) is 14.2 Å². The van der Waals surface area contributed by atoms with E-state index in [0.717, 1.165) is 44.9 Å². The Morgan fingerprint density at radius 2 is 1.29 bits per heavy atom. The van der Waals surface area contributed by atoms with Crippen molar-refractivity contribution in [2.45, 2.75) is 0 Å². The summed E-state index contributed by atoms with van der Waals surface area (Å²) in [5.41, 5.74) is 3.45. The molecule has 0 spiro atoms. The van der Waals surface area contributed by atoms with Gasteiger partial charge in [0.25, 0.3) is 0 Å². The lowest BCUT2D eigenvalue weighted by molar-refractivity contribution is -0.345. The van der Waals surface area contributed by atoms with E-state index in [2.05, 4.69) is 33.4 Å². The third-order valence-corrected chi connectivity index (χ3v) is 4.75. The van der Waals surface area contributed by atoms with Gasteiger partial charge in [-0.3, -0.25) is 0 Å². The van der Waals surface area contributed by atoms with Crippen LogP contribution >= 0.6 is 0 Å². The Hall–Kier alpha value is -4.21. The van der Waals surface area contributed by atoms with Gasteiger partial charge in [0.1, 0.15) is 11.5 Å². The molecular formula is C25H22BF4N3O2. The molecule has 1 N–H and O–H groups in total. The van der Waals surface area contributed by atoms with Crippen LogP contribution in [0.4, 0.5) is 34.3 Å². The van der Waals surface area contributed by atoms with Crippen LogP contribution in [-0.4, -0.2) is 27.7 Å². The molecule has 0 atom stereocenters. The van der Waals surface area contributed by atoms with E-state index in [9.17, 15) is 17.3 Å². The van der Waals surface area contributed by atoms with Crippen LogP contribution in [0, 0.1) is 0 Å². The molecule has 4 aromatic carbocycles. The van der Waals surface area contributed by atoms with Crippen molar-refractivity contribution in [2.24, 2.45) is 10.2 Å². The lowest BCUT2D eigenvalue weighted by atomic mass is 10.1. The molecule has 4 aromatic rings. The fourth-order valence-corrected chi connectivity index (χ4v) is 3.10. The molecule has 10 heteroatoms. The Morgan fingerprint density at radius 3 is 1.89 bits per heavy atom. The molecule has 0 radical (unpaired) electrons. The minimum atomic E-state index is -6.00. The summed E-state index contributed by atoms with van der Waals surface area (Å²) in [7, 11) is -2.70. The molecule has 5 nitrogen and oxygen atoms in total. The average Bonchev–Trinajstić information content (AvgIpc) is 2.86. The number of halogens is 4. The second-order valence-electron chi connectivity index (χ2n) is 7.14. The highest BCUT2D eigenvalue weighted by Gasteiger charge is 2.20. The number of hydrogen-bond donors (Lipinski definition) is 1. The Morgan fingerprint density at radius 1 is 0.714 bits per heavy atom. The van der Waals surface area contributed by atoms with E-state index >= 15 is 0 Å². The molecule has 180 valence electrons. The summed E-state index contributed by atoms with van der Waals surface area (Å²) < 4.78 is 49.4. The summed E-state index contributed by atoms with van der Waals surface area (Å²) in [6.45, 7) is 0. The standard InChI is InChI=1S/C25H21N3O2.BF4/c1-29-21-12-7-18(8-13-21)17-26-24-16-9-19-5-3-4-6-23(19)25(24)28-27-20-10-14-22(30-2)15-11-20;2-1(3,4)5/h3-17H,1-2H3;/q;-1/p+1. The molecule has 0 unspecified atom stereocenters. The smallest absolute Gasteiger partial charge is 0.497 e. The highest BCUT2D eigenvalue weighted by Crippen LogP contribution is 2.32. The van der Waals surface area contributed by atoms with Crippen molar-refractivity contribution in [3.05, 3.63) is 90.5 Å². The van der Waals surface area contributed by atoms with Crippen LogP contribution in [0.25, 0.3) is 10.8 Å². The second-order valence-corrected chi connectivity index (χ2v) is 7.14. The maximum absolute atomic E-state index is 9.75. The summed E-state index contributed by atoms with van der Waals surface area (Å²) in [6.07, 6.45) is 1.94. The molecule has 0 saturated carbocycles. The molecule has 4 rings (SSSR count). The number of nitrogens with zero attached hydrogens (tertiary/aromatic N) is 2. The van der Waals surface area contributed by atoms with Crippen molar-refractivity contribution >= 4 is 41.3 Å². The van der Waals surface area contributed by atoms with Crippen LogP contribution in [0.2, 0.25) is 0 Å². The minimum absolute atomic E-state index is 0.758. The third kappa shape index (κ3) is 7.95. The van der Waals surface area contributed by atoms with Gasteiger partial charge in [0.2, 0.25) is 5.69 Å². The maximum atomic E-state index is 9.75. The van der Waals surface area contributed by atoms with Gasteiger partial charge in [0.15, 0.2) is 11.9 Å². The van der Waals surface area contributed by atoms with Gasteiger partial charge >= 0.3 is 7.25 Å². The van der Waals surface area contributed by atoms with E-state index in [-0.39, 0.29) is 0 Å². The number of azo groups is 1. The first-order valence-electron chi connectivity index (χ1n) is 10.5. The van der Waals surface area contributed by atoms with Crippen LogP contribution < -0.4 is 14.5 Å². The zero-order valence-electron chi connectivity index (χ0n) is 19.0. The first-order chi connectivity index (χ1) is 16.8.